The number of aromatic nitrogens is 2. The van der Waals surface area contributed by atoms with Crippen LogP contribution >= 0.6 is 0 Å². The fourth-order valence-electron chi connectivity index (χ4n) is 2.79. The van der Waals surface area contributed by atoms with Gasteiger partial charge in [-0.15, -0.1) is 0 Å². The molecule has 1 saturated heterocycles. The van der Waals surface area contributed by atoms with E-state index in [1.165, 1.54) is 19.3 Å². The third-order valence-electron chi connectivity index (χ3n) is 4.86. The van der Waals surface area contributed by atoms with Crippen molar-refractivity contribution in [1.29, 1.82) is 0 Å². The summed E-state index contributed by atoms with van der Waals surface area (Å²) in [6.45, 7) is 9.78. The van der Waals surface area contributed by atoms with Crippen molar-refractivity contribution >= 4 is 0 Å². The first-order valence-electron chi connectivity index (χ1n) is 11.0. The monoisotopic (exact) mass is 400 g/mol. The van der Waals surface area contributed by atoms with Crippen molar-refractivity contribution in [2.75, 3.05) is 26.4 Å². The number of hydrogen-bond donors (Lipinski definition) is 0. The van der Waals surface area contributed by atoms with Crippen LogP contribution in [0.4, 0.5) is 0 Å². The second-order valence-corrected chi connectivity index (χ2v) is 7.40. The average molecular weight is 401 g/mol. The maximum atomic E-state index is 5.78. The topological polar surface area (TPSA) is 53.5 Å². The molecule has 160 valence electrons. The Kier molecular flexibility index (Phi) is 11.1. The highest BCUT2D eigenvalue weighted by atomic mass is 16.5. The van der Waals surface area contributed by atoms with Gasteiger partial charge in [0.2, 0.25) is 0 Å². The van der Waals surface area contributed by atoms with E-state index in [4.69, 9.17) is 14.2 Å². The molecule has 29 heavy (non-hydrogen) atoms. The fraction of sp³-hybridized carbons (Fsp3) is 0.583. The number of ether oxygens (including phenoxy) is 3. The fourth-order valence-corrected chi connectivity index (χ4v) is 2.79. The Hall–Kier alpha value is -2.14. The largest absolute Gasteiger partial charge is 0.490 e. The molecule has 1 aliphatic heterocycles. The van der Waals surface area contributed by atoms with E-state index in [1.807, 2.05) is 30.3 Å². The molecule has 0 amide bonds. The van der Waals surface area contributed by atoms with E-state index in [1.54, 1.807) is 6.20 Å². The van der Waals surface area contributed by atoms with Crippen LogP contribution in [0.3, 0.4) is 0 Å². The molecule has 0 bridgehead atoms. The van der Waals surface area contributed by atoms with Gasteiger partial charge < -0.3 is 14.2 Å². The Balaban J connectivity index is 0.000000426. The highest BCUT2D eigenvalue weighted by Gasteiger charge is 2.12. The molecule has 2 aromatic rings. The van der Waals surface area contributed by atoms with Gasteiger partial charge in [-0.25, -0.2) is 0 Å². The molecule has 5 heteroatoms. The molecule has 0 radical (unpaired) electrons. The number of benzene rings is 1. The highest BCUT2D eigenvalue weighted by Crippen LogP contribution is 2.29. The lowest BCUT2D eigenvalue weighted by atomic mass is 10.1. The predicted octanol–water partition coefficient (Wildman–Crippen LogP) is 5.93. The van der Waals surface area contributed by atoms with Gasteiger partial charge in [-0.05, 0) is 38.0 Å². The van der Waals surface area contributed by atoms with Crippen molar-refractivity contribution in [3.63, 3.8) is 0 Å². The smallest absolute Gasteiger partial charge is 0.317 e. The summed E-state index contributed by atoms with van der Waals surface area (Å²) in [5, 5.41) is 0. The van der Waals surface area contributed by atoms with Crippen molar-refractivity contribution < 1.29 is 14.2 Å². The molecule has 0 N–H and O–H groups in total. The minimum atomic E-state index is 0.413. The van der Waals surface area contributed by atoms with Gasteiger partial charge >= 0.3 is 6.01 Å². The van der Waals surface area contributed by atoms with Crippen LogP contribution < -0.4 is 9.47 Å². The van der Waals surface area contributed by atoms with Crippen LogP contribution in [-0.4, -0.2) is 36.4 Å². The summed E-state index contributed by atoms with van der Waals surface area (Å²) in [7, 11) is 0. The summed E-state index contributed by atoms with van der Waals surface area (Å²) in [4.78, 5) is 8.84. The maximum Gasteiger partial charge on any atom is 0.317 e. The van der Waals surface area contributed by atoms with Gasteiger partial charge in [0.1, 0.15) is 5.69 Å². The van der Waals surface area contributed by atoms with Crippen molar-refractivity contribution in [2.45, 2.75) is 59.3 Å². The van der Waals surface area contributed by atoms with E-state index >= 15 is 0 Å². The SMILES string of the molecule is C1CCOCC1.CCCOc1cnc(OCCC(C)CC)nc1-c1ccccc1. The van der Waals surface area contributed by atoms with Crippen molar-refractivity contribution in [2.24, 2.45) is 5.92 Å². The molecule has 5 nitrogen and oxygen atoms in total. The number of hydrogen-bond acceptors (Lipinski definition) is 5. The summed E-state index contributed by atoms with van der Waals surface area (Å²) in [5.41, 5.74) is 1.79. The standard InChI is InChI=1S/C19H26N2O2.C5H10O/c1-4-12-22-17-14-20-19(23-13-11-15(3)5-2)21-18(17)16-9-7-6-8-10-16;1-2-4-6-5-3-1/h6-10,14-15H,4-5,11-13H2,1-3H3;1-5H2. The van der Waals surface area contributed by atoms with Gasteiger partial charge in [0.15, 0.2) is 5.75 Å². The second kappa shape index (κ2) is 13.9. The van der Waals surface area contributed by atoms with Gasteiger partial charge in [0.05, 0.1) is 19.4 Å². The first-order chi connectivity index (χ1) is 14.2. The van der Waals surface area contributed by atoms with Crippen molar-refractivity contribution in [3.8, 4) is 23.0 Å². The molecular formula is C24H36N2O3. The van der Waals surface area contributed by atoms with Crippen LogP contribution in [0.25, 0.3) is 11.3 Å². The molecule has 0 aliphatic carbocycles. The summed E-state index contributed by atoms with van der Waals surface area (Å²) in [6.07, 6.45) is 8.75. The number of nitrogens with zero attached hydrogens (tertiary/aromatic N) is 2. The Morgan fingerprint density at radius 1 is 1.00 bits per heavy atom. The average Bonchev–Trinajstić information content (AvgIpc) is 2.80. The first kappa shape index (κ1) is 23.1. The minimum Gasteiger partial charge on any atom is -0.490 e. The molecule has 1 fully saturated rings. The molecule has 1 aliphatic rings. The van der Waals surface area contributed by atoms with Gasteiger partial charge in [-0.2, -0.15) is 9.97 Å². The Morgan fingerprint density at radius 2 is 1.76 bits per heavy atom. The summed E-state index contributed by atoms with van der Waals surface area (Å²) in [6, 6.07) is 10.4. The zero-order valence-corrected chi connectivity index (χ0v) is 18.2. The maximum absolute atomic E-state index is 5.78. The number of rotatable bonds is 9. The first-order valence-corrected chi connectivity index (χ1v) is 11.0. The molecule has 1 unspecified atom stereocenters. The molecule has 2 heterocycles. The van der Waals surface area contributed by atoms with Gasteiger partial charge in [0.25, 0.3) is 0 Å². The molecule has 0 spiro atoms. The zero-order chi connectivity index (χ0) is 20.7. The molecule has 1 atom stereocenters. The molecule has 3 rings (SSSR count). The zero-order valence-electron chi connectivity index (χ0n) is 18.2. The Labute approximate surface area is 175 Å². The van der Waals surface area contributed by atoms with Gasteiger partial charge in [0, 0.05) is 18.8 Å². The van der Waals surface area contributed by atoms with E-state index in [0.717, 1.165) is 43.7 Å². The highest BCUT2D eigenvalue weighted by molar-refractivity contribution is 5.65. The van der Waals surface area contributed by atoms with Crippen LogP contribution in [0.1, 0.15) is 59.3 Å². The molecule has 0 saturated carbocycles. The van der Waals surface area contributed by atoms with E-state index < -0.39 is 0 Å². The summed E-state index contributed by atoms with van der Waals surface area (Å²) < 4.78 is 16.6. The Bertz CT molecular complexity index is 664. The lowest BCUT2D eigenvalue weighted by molar-refractivity contribution is 0.0968. The van der Waals surface area contributed by atoms with E-state index in [2.05, 4.69) is 30.7 Å². The normalized spacial score (nSPS) is 14.4. The molecular weight excluding hydrogens is 364 g/mol. The third kappa shape index (κ3) is 8.82. The van der Waals surface area contributed by atoms with Gasteiger partial charge in [-0.3, -0.25) is 0 Å². The van der Waals surface area contributed by atoms with Crippen molar-refractivity contribution in [1.82, 2.24) is 9.97 Å². The van der Waals surface area contributed by atoms with Gasteiger partial charge in [-0.1, -0.05) is 57.5 Å². The summed E-state index contributed by atoms with van der Waals surface area (Å²) in [5.74, 6) is 1.35. The van der Waals surface area contributed by atoms with Crippen LogP contribution in [0.5, 0.6) is 11.8 Å². The quantitative estimate of drug-likeness (QED) is 0.522. The van der Waals surface area contributed by atoms with Crippen LogP contribution in [0, 0.1) is 5.92 Å². The van der Waals surface area contributed by atoms with Crippen molar-refractivity contribution in [3.05, 3.63) is 36.5 Å². The lowest BCUT2D eigenvalue weighted by Gasteiger charge is -2.12. The lowest BCUT2D eigenvalue weighted by Crippen LogP contribution is -2.07. The molecule has 1 aromatic heterocycles. The predicted molar refractivity (Wildman–Crippen MR) is 117 cm³/mol. The minimum absolute atomic E-state index is 0.413. The van der Waals surface area contributed by atoms with E-state index in [9.17, 15) is 0 Å². The third-order valence-corrected chi connectivity index (χ3v) is 4.86. The Morgan fingerprint density at radius 3 is 2.34 bits per heavy atom. The van der Waals surface area contributed by atoms with E-state index in [-0.39, 0.29) is 0 Å². The molecule has 1 aromatic carbocycles. The summed E-state index contributed by atoms with van der Waals surface area (Å²) >= 11 is 0. The second-order valence-electron chi connectivity index (χ2n) is 7.40. The van der Waals surface area contributed by atoms with Crippen LogP contribution in [0.15, 0.2) is 36.5 Å². The van der Waals surface area contributed by atoms with E-state index in [0.29, 0.717) is 30.9 Å². The van der Waals surface area contributed by atoms with Crippen LogP contribution in [0.2, 0.25) is 0 Å². The van der Waals surface area contributed by atoms with Crippen LogP contribution in [-0.2, 0) is 4.74 Å².